The van der Waals surface area contributed by atoms with Crippen molar-refractivity contribution in [2.75, 3.05) is 33.4 Å². The topological polar surface area (TPSA) is 63.2 Å². The Hall–Kier alpha value is -2.70. The average molecular weight is 353 g/mol. The normalized spacial score (nSPS) is 15.1. The zero-order valence-electron chi connectivity index (χ0n) is 14.9. The Labute approximate surface area is 153 Å². The maximum Gasteiger partial charge on any atom is 0.271 e. The minimum absolute atomic E-state index is 0.229. The molecule has 3 rings (SSSR count). The van der Waals surface area contributed by atoms with E-state index in [1.807, 2.05) is 48.5 Å². The number of hydrogen-bond donors (Lipinski definition) is 1. The van der Waals surface area contributed by atoms with E-state index in [1.165, 1.54) is 5.56 Å². The summed E-state index contributed by atoms with van der Waals surface area (Å²) in [4.78, 5) is 14.5. The SMILES string of the molecule is COc1ccc(/C=N\NC(=O)c2ccc(CN3CCOCC3)cc2)cc1. The monoisotopic (exact) mass is 353 g/mol. The van der Waals surface area contributed by atoms with E-state index in [0.717, 1.165) is 44.2 Å². The maximum absolute atomic E-state index is 12.2. The molecular weight excluding hydrogens is 330 g/mol. The molecule has 2 aromatic rings. The Kier molecular flexibility index (Phi) is 6.35. The van der Waals surface area contributed by atoms with Gasteiger partial charge in [0.15, 0.2) is 0 Å². The number of carbonyl (C=O) groups excluding carboxylic acids is 1. The lowest BCUT2D eigenvalue weighted by Crippen LogP contribution is -2.35. The van der Waals surface area contributed by atoms with E-state index in [-0.39, 0.29) is 5.91 Å². The van der Waals surface area contributed by atoms with E-state index in [0.29, 0.717) is 5.56 Å². The van der Waals surface area contributed by atoms with Crippen LogP contribution in [0.5, 0.6) is 5.75 Å². The first kappa shape index (κ1) is 18.1. The highest BCUT2D eigenvalue weighted by atomic mass is 16.5. The molecule has 1 fully saturated rings. The van der Waals surface area contributed by atoms with Gasteiger partial charge in [-0.2, -0.15) is 5.10 Å². The van der Waals surface area contributed by atoms with E-state index in [2.05, 4.69) is 15.4 Å². The highest BCUT2D eigenvalue weighted by Gasteiger charge is 2.11. The van der Waals surface area contributed by atoms with Gasteiger partial charge in [0.05, 0.1) is 26.5 Å². The lowest BCUT2D eigenvalue weighted by Gasteiger charge is -2.26. The van der Waals surface area contributed by atoms with Gasteiger partial charge >= 0.3 is 0 Å². The standard InChI is InChI=1S/C20H23N3O3/c1-25-19-8-4-16(5-9-19)14-21-22-20(24)18-6-2-17(3-7-18)15-23-10-12-26-13-11-23/h2-9,14H,10-13,15H2,1H3,(H,22,24)/b21-14-. The quantitative estimate of drug-likeness (QED) is 0.639. The Balaban J connectivity index is 1.51. The first-order valence-corrected chi connectivity index (χ1v) is 8.61. The van der Waals surface area contributed by atoms with Crippen molar-refractivity contribution in [2.45, 2.75) is 6.54 Å². The minimum Gasteiger partial charge on any atom is -0.497 e. The Morgan fingerprint density at radius 1 is 1.15 bits per heavy atom. The van der Waals surface area contributed by atoms with Gasteiger partial charge in [-0.15, -0.1) is 0 Å². The second-order valence-corrected chi connectivity index (χ2v) is 6.06. The number of nitrogens with zero attached hydrogens (tertiary/aromatic N) is 2. The van der Waals surface area contributed by atoms with Gasteiger partial charge in [0.1, 0.15) is 5.75 Å². The summed E-state index contributed by atoms with van der Waals surface area (Å²) < 4.78 is 10.5. The lowest BCUT2D eigenvalue weighted by molar-refractivity contribution is 0.0342. The molecule has 0 aromatic heterocycles. The molecule has 0 unspecified atom stereocenters. The zero-order chi connectivity index (χ0) is 18.2. The molecule has 0 radical (unpaired) electrons. The van der Waals surface area contributed by atoms with Gasteiger partial charge in [0.25, 0.3) is 5.91 Å². The van der Waals surface area contributed by atoms with Gasteiger partial charge in [-0.3, -0.25) is 9.69 Å². The number of methoxy groups -OCH3 is 1. The van der Waals surface area contributed by atoms with Crippen LogP contribution in [-0.4, -0.2) is 50.4 Å². The summed E-state index contributed by atoms with van der Waals surface area (Å²) in [5.41, 5.74) is 5.20. The van der Waals surface area contributed by atoms with Crippen LogP contribution in [0, 0.1) is 0 Å². The first-order valence-electron chi connectivity index (χ1n) is 8.61. The Morgan fingerprint density at radius 3 is 2.50 bits per heavy atom. The van der Waals surface area contributed by atoms with Crippen LogP contribution in [0.3, 0.4) is 0 Å². The number of hydrogen-bond acceptors (Lipinski definition) is 5. The molecule has 1 N–H and O–H groups in total. The molecule has 1 aliphatic rings. The maximum atomic E-state index is 12.2. The molecule has 136 valence electrons. The highest BCUT2D eigenvalue weighted by molar-refractivity contribution is 5.94. The molecule has 1 heterocycles. The van der Waals surface area contributed by atoms with Gasteiger partial charge < -0.3 is 9.47 Å². The predicted molar refractivity (Wildman–Crippen MR) is 101 cm³/mol. The van der Waals surface area contributed by atoms with Gasteiger partial charge in [0.2, 0.25) is 0 Å². The van der Waals surface area contributed by atoms with Crippen LogP contribution in [0.4, 0.5) is 0 Å². The number of benzene rings is 2. The predicted octanol–water partition coefficient (Wildman–Crippen LogP) is 2.29. The van der Waals surface area contributed by atoms with Gasteiger partial charge in [-0.25, -0.2) is 5.43 Å². The van der Waals surface area contributed by atoms with Crippen molar-refractivity contribution in [1.29, 1.82) is 0 Å². The van der Waals surface area contributed by atoms with Gasteiger partial charge in [-0.1, -0.05) is 12.1 Å². The largest absolute Gasteiger partial charge is 0.497 e. The molecule has 6 heteroatoms. The number of ether oxygens (including phenoxy) is 2. The van der Waals surface area contributed by atoms with Crippen LogP contribution in [0.1, 0.15) is 21.5 Å². The van der Waals surface area contributed by atoms with E-state index < -0.39 is 0 Å². The molecule has 26 heavy (non-hydrogen) atoms. The summed E-state index contributed by atoms with van der Waals surface area (Å²) in [6, 6.07) is 15.0. The van der Waals surface area contributed by atoms with Crippen molar-refractivity contribution in [3.63, 3.8) is 0 Å². The fourth-order valence-corrected chi connectivity index (χ4v) is 2.70. The molecule has 0 atom stereocenters. The summed E-state index contributed by atoms with van der Waals surface area (Å²) in [5, 5.41) is 4.00. The molecule has 1 saturated heterocycles. The van der Waals surface area contributed by atoms with Crippen LogP contribution < -0.4 is 10.2 Å². The second kappa shape index (κ2) is 9.12. The molecule has 0 spiro atoms. The van der Waals surface area contributed by atoms with Crippen molar-refractivity contribution < 1.29 is 14.3 Å². The summed E-state index contributed by atoms with van der Waals surface area (Å²) >= 11 is 0. The lowest BCUT2D eigenvalue weighted by atomic mass is 10.1. The molecule has 1 amide bonds. The number of hydrazone groups is 1. The number of nitrogens with one attached hydrogen (secondary N) is 1. The number of carbonyl (C=O) groups is 1. The van der Waals surface area contributed by atoms with E-state index >= 15 is 0 Å². The van der Waals surface area contributed by atoms with E-state index in [9.17, 15) is 4.79 Å². The molecule has 2 aromatic carbocycles. The Bertz CT molecular complexity index is 736. The third kappa shape index (κ3) is 5.15. The molecule has 0 saturated carbocycles. The first-order chi connectivity index (χ1) is 12.7. The minimum atomic E-state index is -0.229. The van der Waals surface area contributed by atoms with Crippen LogP contribution in [0.15, 0.2) is 53.6 Å². The van der Waals surface area contributed by atoms with E-state index in [1.54, 1.807) is 13.3 Å². The zero-order valence-corrected chi connectivity index (χ0v) is 14.9. The molecular formula is C20H23N3O3. The van der Waals surface area contributed by atoms with Crippen molar-refractivity contribution >= 4 is 12.1 Å². The third-order valence-electron chi connectivity index (χ3n) is 4.22. The fourth-order valence-electron chi connectivity index (χ4n) is 2.70. The number of morpholine rings is 1. The highest BCUT2D eigenvalue weighted by Crippen LogP contribution is 2.10. The Morgan fingerprint density at radius 2 is 1.85 bits per heavy atom. The number of rotatable bonds is 6. The molecule has 0 bridgehead atoms. The second-order valence-electron chi connectivity index (χ2n) is 6.06. The fraction of sp³-hybridized carbons (Fsp3) is 0.300. The summed E-state index contributed by atoms with van der Waals surface area (Å²) in [6.45, 7) is 4.34. The summed E-state index contributed by atoms with van der Waals surface area (Å²) in [6.07, 6.45) is 1.60. The van der Waals surface area contributed by atoms with Crippen LogP contribution in [0.25, 0.3) is 0 Å². The number of amides is 1. The van der Waals surface area contributed by atoms with Crippen molar-refractivity contribution in [3.05, 3.63) is 65.2 Å². The van der Waals surface area contributed by atoms with Gasteiger partial charge in [-0.05, 0) is 47.5 Å². The smallest absolute Gasteiger partial charge is 0.271 e. The van der Waals surface area contributed by atoms with Crippen molar-refractivity contribution in [3.8, 4) is 5.75 Å². The molecule has 0 aliphatic carbocycles. The summed E-state index contributed by atoms with van der Waals surface area (Å²) in [7, 11) is 1.62. The summed E-state index contributed by atoms with van der Waals surface area (Å²) in [5.74, 6) is 0.552. The third-order valence-corrected chi connectivity index (χ3v) is 4.22. The molecule has 6 nitrogen and oxygen atoms in total. The van der Waals surface area contributed by atoms with Crippen LogP contribution >= 0.6 is 0 Å². The average Bonchev–Trinajstić information content (AvgIpc) is 2.70. The van der Waals surface area contributed by atoms with E-state index in [4.69, 9.17) is 9.47 Å². The van der Waals surface area contributed by atoms with Crippen LogP contribution in [0.2, 0.25) is 0 Å². The van der Waals surface area contributed by atoms with Crippen molar-refractivity contribution in [1.82, 2.24) is 10.3 Å². The van der Waals surface area contributed by atoms with Gasteiger partial charge in [0, 0.05) is 25.2 Å². The molecule has 1 aliphatic heterocycles. The van der Waals surface area contributed by atoms with Crippen LogP contribution in [-0.2, 0) is 11.3 Å². The van der Waals surface area contributed by atoms with Crippen molar-refractivity contribution in [2.24, 2.45) is 5.10 Å².